The van der Waals surface area contributed by atoms with Crippen LogP contribution >= 0.6 is 0 Å². The molecule has 6 heteroatoms. The molecule has 0 rings (SSSR count). The fourth-order valence-electron chi connectivity index (χ4n) is 1.32. The predicted molar refractivity (Wildman–Crippen MR) is 66.1 cm³/mol. The van der Waals surface area contributed by atoms with E-state index in [0.717, 1.165) is 13.0 Å². The summed E-state index contributed by atoms with van der Waals surface area (Å²) < 4.78 is 0. The van der Waals surface area contributed by atoms with Gasteiger partial charge in [-0.15, -0.1) is 0 Å². The summed E-state index contributed by atoms with van der Waals surface area (Å²) in [5.41, 5.74) is 0. The minimum Gasteiger partial charge on any atom is -0.480 e. The Bertz CT molecular complexity index is 269. The first-order chi connectivity index (χ1) is 7.77. The smallest absolute Gasteiger partial charge is 0.326 e. The molecule has 0 saturated carbocycles. The zero-order valence-corrected chi connectivity index (χ0v) is 11.3. The average molecular weight is 245 g/mol. The first kappa shape index (κ1) is 15.7. The minimum absolute atomic E-state index is 0.265. The highest BCUT2D eigenvalue weighted by molar-refractivity contribution is 5.82. The fourth-order valence-corrected chi connectivity index (χ4v) is 1.32. The molecule has 6 nitrogen and oxygen atoms in total. The first-order valence-electron chi connectivity index (χ1n) is 5.62. The number of amides is 2. The molecule has 0 aromatic rings. The van der Waals surface area contributed by atoms with Crippen LogP contribution in [0.3, 0.4) is 0 Å². The van der Waals surface area contributed by atoms with Crippen molar-refractivity contribution in [3.05, 3.63) is 0 Å². The number of carbonyl (C=O) groups excluding carboxylic acids is 1. The van der Waals surface area contributed by atoms with Crippen LogP contribution in [0.5, 0.6) is 0 Å². The van der Waals surface area contributed by atoms with Gasteiger partial charge in [0.25, 0.3) is 0 Å². The second kappa shape index (κ2) is 7.11. The fraction of sp³-hybridized carbons (Fsp3) is 0.818. The number of nitrogens with zero attached hydrogens (tertiary/aromatic N) is 3. The maximum atomic E-state index is 11.8. The standard InChI is InChI=1S/C11H23N3O3/c1-9(10(15)16)14(5)11(17)13(4)8-6-7-12(2)3/h9H,6-8H2,1-5H3,(H,15,16). The Morgan fingerprint density at radius 3 is 2.06 bits per heavy atom. The highest BCUT2D eigenvalue weighted by Gasteiger charge is 2.23. The van der Waals surface area contributed by atoms with Gasteiger partial charge in [-0.05, 0) is 34.0 Å². The van der Waals surface area contributed by atoms with Gasteiger partial charge in [0.15, 0.2) is 0 Å². The highest BCUT2D eigenvalue weighted by Crippen LogP contribution is 2.02. The molecule has 0 aliphatic heterocycles. The van der Waals surface area contributed by atoms with Crippen molar-refractivity contribution in [2.45, 2.75) is 19.4 Å². The van der Waals surface area contributed by atoms with E-state index in [1.807, 2.05) is 19.0 Å². The van der Waals surface area contributed by atoms with Gasteiger partial charge in [-0.25, -0.2) is 9.59 Å². The van der Waals surface area contributed by atoms with Crippen molar-refractivity contribution in [3.63, 3.8) is 0 Å². The van der Waals surface area contributed by atoms with Crippen LogP contribution in [-0.2, 0) is 4.79 Å². The van der Waals surface area contributed by atoms with Crippen LogP contribution in [0, 0.1) is 0 Å². The summed E-state index contributed by atoms with van der Waals surface area (Å²) >= 11 is 0. The Hall–Kier alpha value is -1.30. The van der Waals surface area contributed by atoms with Crippen LogP contribution < -0.4 is 0 Å². The van der Waals surface area contributed by atoms with Crippen molar-refractivity contribution >= 4 is 12.0 Å². The Morgan fingerprint density at radius 2 is 1.65 bits per heavy atom. The summed E-state index contributed by atoms with van der Waals surface area (Å²) in [7, 11) is 7.13. The number of hydrogen-bond donors (Lipinski definition) is 1. The molecule has 0 spiro atoms. The number of urea groups is 1. The highest BCUT2D eigenvalue weighted by atomic mass is 16.4. The third-order valence-corrected chi connectivity index (χ3v) is 2.67. The number of hydrogen-bond acceptors (Lipinski definition) is 3. The SMILES string of the molecule is CC(C(=O)O)N(C)C(=O)N(C)CCCN(C)C. The van der Waals surface area contributed by atoms with Gasteiger partial charge in [0.2, 0.25) is 0 Å². The van der Waals surface area contributed by atoms with Gasteiger partial charge in [0.05, 0.1) is 0 Å². The molecule has 100 valence electrons. The molecule has 1 atom stereocenters. The van der Waals surface area contributed by atoms with Gasteiger partial charge in [-0.2, -0.15) is 0 Å². The van der Waals surface area contributed by atoms with Crippen LogP contribution in [0.25, 0.3) is 0 Å². The number of carboxylic acids is 1. The lowest BCUT2D eigenvalue weighted by molar-refractivity contribution is -0.141. The summed E-state index contributed by atoms with van der Waals surface area (Å²) in [6.45, 7) is 3.01. The molecule has 0 heterocycles. The van der Waals surface area contributed by atoms with Crippen molar-refractivity contribution in [2.75, 3.05) is 41.3 Å². The van der Waals surface area contributed by atoms with Crippen molar-refractivity contribution in [2.24, 2.45) is 0 Å². The molecule has 0 bridgehead atoms. The monoisotopic (exact) mass is 245 g/mol. The molecule has 0 saturated heterocycles. The van der Waals surface area contributed by atoms with Crippen LogP contribution in [0.4, 0.5) is 4.79 Å². The van der Waals surface area contributed by atoms with E-state index >= 15 is 0 Å². The molecule has 17 heavy (non-hydrogen) atoms. The predicted octanol–water partition coefficient (Wildman–Crippen LogP) is 0.395. The van der Waals surface area contributed by atoms with Gasteiger partial charge in [0.1, 0.15) is 6.04 Å². The minimum atomic E-state index is -0.998. The van der Waals surface area contributed by atoms with Gasteiger partial charge in [0, 0.05) is 20.6 Å². The first-order valence-corrected chi connectivity index (χ1v) is 5.62. The molecule has 0 aliphatic rings. The van der Waals surface area contributed by atoms with E-state index in [-0.39, 0.29) is 6.03 Å². The normalized spacial score (nSPS) is 12.4. The van der Waals surface area contributed by atoms with E-state index in [4.69, 9.17) is 5.11 Å². The van der Waals surface area contributed by atoms with Gasteiger partial charge >= 0.3 is 12.0 Å². The lowest BCUT2D eigenvalue weighted by Crippen LogP contribution is -2.46. The molecule has 2 amide bonds. The van der Waals surface area contributed by atoms with E-state index in [0.29, 0.717) is 6.54 Å². The Morgan fingerprint density at radius 1 is 1.12 bits per heavy atom. The molecule has 0 aliphatic carbocycles. The number of carbonyl (C=O) groups is 2. The van der Waals surface area contributed by atoms with E-state index in [1.165, 1.54) is 18.9 Å². The summed E-state index contributed by atoms with van der Waals surface area (Å²) in [4.78, 5) is 27.4. The summed E-state index contributed by atoms with van der Waals surface area (Å²) in [6, 6.07) is -1.07. The second-order valence-electron chi connectivity index (χ2n) is 4.49. The van der Waals surface area contributed by atoms with E-state index in [2.05, 4.69) is 0 Å². The van der Waals surface area contributed by atoms with Crippen molar-refractivity contribution < 1.29 is 14.7 Å². The van der Waals surface area contributed by atoms with Gasteiger partial charge in [-0.1, -0.05) is 0 Å². The molecule has 0 fully saturated rings. The summed E-state index contributed by atoms with van der Waals surface area (Å²) in [6.07, 6.45) is 0.866. The van der Waals surface area contributed by atoms with E-state index < -0.39 is 12.0 Å². The van der Waals surface area contributed by atoms with Crippen LogP contribution in [0.2, 0.25) is 0 Å². The number of aliphatic carboxylic acids is 1. The number of carboxylic acid groups (broad SMARTS) is 1. The summed E-state index contributed by atoms with van der Waals surface area (Å²) in [5.74, 6) is -0.998. The largest absolute Gasteiger partial charge is 0.480 e. The zero-order chi connectivity index (χ0) is 13.6. The third kappa shape index (κ3) is 5.53. The maximum Gasteiger partial charge on any atom is 0.326 e. The van der Waals surface area contributed by atoms with Gasteiger partial charge in [-0.3, -0.25) is 0 Å². The van der Waals surface area contributed by atoms with Crippen LogP contribution in [0.1, 0.15) is 13.3 Å². The van der Waals surface area contributed by atoms with E-state index in [1.54, 1.807) is 11.9 Å². The lowest BCUT2D eigenvalue weighted by Gasteiger charge is -2.27. The lowest BCUT2D eigenvalue weighted by atomic mass is 10.3. The van der Waals surface area contributed by atoms with Gasteiger partial charge < -0.3 is 19.8 Å². The quantitative estimate of drug-likeness (QED) is 0.735. The second-order valence-corrected chi connectivity index (χ2v) is 4.49. The molecule has 0 aromatic heterocycles. The third-order valence-electron chi connectivity index (χ3n) is 2.67. The molecule has 1 unspecified atom stereocenters. The zero-order valence-electron chi connectivity index (χ0n) is 11.3. The maximum absolute atomic E-state index is 11.8. The van der Waals surface area contributed by atoms with Crippen molar-refractivity contribution in [3.8, 4) is 0 Å². The molecular formula is C11H23N3O3. The molecule has 1 N–H and O–H groups in total. The van der Waals surface area contributed by atoms with Crippen LogP contribution in [0.15, 0.2) is 0 Å². The summed E-state index contributed by atoms with van der Waals surface area (Å²) in [5, 5.41) is 8.81. The number of rotatable bonds is 6. The van der Waals surface area contributed by atoms with Crippen molar-refractivity contribution in [1.29, 1.82) is 0 Å². The molecular weight excluding hydrogens is 222 g/mol. The average Bonchev–Trinajstić information content (AvgIpc) is 2.25. The van der Waals surface area contributed by atoms with Crippen molar-refractivity contribution in [1.82, 2.24) is 14.7 Å². The number of likely N-dealkylation sites (N-methyl/N-ethyl adjacent to an activating group) is 1. The molecule has 0 radical (unpaired) electrons. The van der Waals surface area contributed by atoms with Crippen LogP contribution in [-0.4, -0.2) is 79.1 Å². The van der Waals surface area contributed by atoms with E-state index in [9.17, 15) is 9.59 Å². The Labute approximate surface area is 103 Å². The Balaban J connectivity index is 4.16. The topological polar surface area (TPSA) is 64.1 Å². The Kier molecular flexibility index (Phi) is 6.57. The molecule has 0 aromatic carbocycles.